The summed E-state index contributed by atoms with van der Waals surface area (Å²) < 4.78 is 5.13. The van der Waals surface area contributed by atoms with Crippen LogP contribution in [0.3, 0.4) is 0 Å². The third kappa shape index (κ3) is 3.71. The van der Waals surface area contributed by atoms with Gasteiger partial charge in [0.25, 0.3) is 5.91 Å². The van der Waals surface area contributed by atoms with Crippen molar-refractivity contribution in [3.63, 3.8) is 0 Å². The fraction of sp³-hybridized carbons (Fsp3) is 0.429. The molecule has 0 aliphatic heterocycles. The van der Waals surface area contributed by atoms with E-state index in [4.69, 9.17) is 4.74 Å². The number of amides is 2. The number of benzene rings is 1. The predicted molar refractivity (Wildman–Crippen MR) is 76.0 cm³/mol. The number of ether oxygens (including phenoxy) is 1. The van der Waals surface area contributed by atoms with Crippen molar-refractivity contribution < 1.29 is 14.3 Å². The van der Waals surface area contributed by atoms with Gasteiger partial charge in [-0.3, -0.25) is 9.59 Å². The highest BCUT2D eigenvalue weighted by Gasteiger charge is 2.25. The van der Waals surface area contributed by atoms with E-state index in [9.17, 15) is 9.59 Å². The SMILES string of the molecule is CNCC(=O)Nc1ccc(OC)cc1C(=O)NC1CC1. The molecule has 0 saturated heterocycles. The van der Waals surface area contributed by atoms with Crippen molar-refractivity contribution in [1.82, 2.24) is 10.6 Å². The molecule has 20 heavy (non-hydrogen) atoms. The third-order valence-electron chi connectivity index (χ3n) is 3.00. The maximum atomic E-state index is 12.2. The summed E-state index contributed by atoms with van der Waals surface area (Å²) in [5, 5.41) is 8.39. The molecule has 0 atom stereocenters. The van der Waals surface area contributed by atoms with Gasteiger partial charge in [-0.05, 0) is 38.1 Å². The Labute approximate surface area is 117 Å². The van der Waals surface area contributed by atoms with E-state index in [1.807, 2.05) is 0 Å². The number of carbonyl (C=O) groups is 2. The van der Waals surface area contributed by atoms with E-state index in [1.165, 1.54) is 7.11 Å². The van der Waals surface area contributed by atoms with Crippen LogP contribution in [-0.2, 0) is 4.79 Å². The molecule has 2 amide bonds. The number of carbonyl (C=O) groups excluding carboxylic acids is 2. The summed E-state index contributed by atoms with van der Waals surface area (Å²) in [6.45, 7) is 0.190. The van der Waals surface area contributed by atoms with Crippen LogP contribution in [0, 0.1) is 0 Å². The monoisotopic (exact) mass is 277 g/mol. The highest BCUT2D eigenvalue weighted by molar-refractivity contribution is 6.04. The van der Waals surface area contributed by atoms with Gasteiger partial charge in [0.15, 0.2) is 0 Å². The number of hydrogen-bond donors (Lipinski definition) is 3. The maximum absolute atomic E-state index is 12.2. The van der Waals surface area contributed by atoms with Gasteiger partial charge in [-0.25, -0.2) is 0 Å². The molecule has 0 bridgehead atoms. The zero-order chi connectivity index (χ0) is 14.5. The average Bonchev–Trinajstić information content (AvgIpc) is 3.23. The number of hydrogen-bond acceptors (Lipinski definition) is 4. The molecule has 0 unspecified atom stereocenters. The molecule has 1 aromatic carbocycles. The van der Waals surface area contributed by atoms with Gasteiger partial charge in [0, 0.05) is 6.04 Å². The molecular weight excluding hydrogens is 258 g/mol. The molecule has 1 aromatic rings. The lowest BCUT2D eigenvalue weighted by molar-refractivity contribution is -0.115. The van der Waals surface area contributed by atoms with Crippen LogP contribution >= 0.6 is 0 Å². The van der Waals surface area contributed by atoms with Crippen molar-refractivity contribution in [2.45, 2.75) is 18.9 Å². The summed E-state index contributed by atoms with van der Waals surface area (Å²) in [4.78, 5) is 23.8. The van der Waals surface area contributed by atoms with Crippen molar-refractivity contribution in [3.05, 3.63) is 23.8 Å². The molecule has 2 rings (SSSR count). The summed E-state index contributed by atoms with van der Waals surface area (Å²) in [5.41, 5.74) is 0.907. The number of likely N-dealkylation sites (N-methyl/N-ethyl adjacent to an activating group) is 1. The Hall–Kier alpha value is -2.08. The first kappa shape index (κ1) is 14.3. The largest absolute Gasteiger partial charge is 0.497 e. The molecule has 1 saturated carbocycles. The molecule has 1 fully saturated rings. The maximum Gasteiger partial charge on any atom is 0.253 e. The Morgan fingerprint density at radius 1 is 1.35 bits per heavy atom. The van der Waals surface area contributed by atoms with E-state index in [0.717, 1.165) is 12.8 Å². The molecule has 0 aromatic heterocycles. The molecule has 1 aliphatic carbocycles. The van der Waals surface area contributed by atoms with Crippen LogP contribution in [0.2, 0.25) is 0 Å². The van der Waals surface area contributed by atoms with Crippen molar-refractivity contribution >= 4 is 17.5 Å². The normalized spacial score (nSPS) is 13.7. The molecular formula is C14H19N3O3. The number of rotatable bonds is 6. The van der Waals surface area contributed by atoms with Gasteiger partial charge in [0.2, 0.25) is 5.91 Å². The lowest BCUT2D eigenvalue weighted by Crippen LogP contribution is -2.29. The highest BCUT2D eigenvalue weighted by Crippen LogP contribution is 2.24. The van der Waals surface area contributed by atoms with E-state index in [-0.39, 0.29) is 24.4 Å². The van der Waals surface area contributed by atoms with Crippen molar-refractivity contribution in [1.29, 1.82) is 0 Å². The van der Waals surface area contributed by atoms with E-state index >= 15 is 0 Å². The minimum atomic E-state index is -0.196. The summed E-state index contributed by atoms with van der Waals surface area (Å²) in [7, 11) is 3.23. The van der Waals surface area contributed by atoms with E-state index in [2.05, 4.69) is 16.0 Å². The Morgan fingerprint density at radius 2 is 2.10 bits per heavy atom. The molecule has 0 radical (unpaired) electrons. The second kappa shape index (κ2) is 6.38. The van der Waals surface area contributed by atoms with Gasteiger partial charge in [-0.1, -0.05) is 0 Å². The fourth-order valence-electron chi connectivity index (χ4n) is 1.79. The summed E-state index contributed by atoms with van der Waals surface area (Å²) >= 11 is 0. The molecule has 0 heterocycles. The first-order valence-electron chi connectivity index (χ1n) is 6.57. The fourth-order valence-corrected chi connectivity index (χ4v) is 1.79. The smallest absolute Gasteiger partial charge is 0.253 e. The molecule has 108 valence electrons. The number of nitrogens with one attached hydrogen (secondary N) is 3. The zero-order valence-corrected chi connectivity index (χ0v) is 11.7. The summed E-state index contributed by atoms with van der Waals surface area (Å²) in [6.07, 6.45) is 2.02. The van der Waals surface area contributed by atoms with Gasteiger partial charge in [0.05, 0.1) is 24.9 Å². The zero-order valence-electron chi connectivity index (χ0n) is 11.7. The Morgan fingerprint density at radius 3 is 2.70 bits per heavy atom. The van der Waals surface area contributed by atoms with Crippen LogP contribution in [0.4, 0.5) is 5.69 Å². The topological polar surface area (TPSA) is 79.5 Å². The summed E-state index contributed by atoms with van der Waals surface area (Å²) in [5.74, 6) is 0.196. The van der Waals surface area contributed by atoms with Crippen LogP contribution in [0.15, 0.2) is 18.2 Å². The summed E-state index contributed by atoms with van der Waals surface area (Å²) in [6, 6.07) is 5.28. The van der Waals surface area contributed by atoms with Gasteiger partial charge in [-0.2, -0.15) is 0 Å². The third-order valence-corrected chi connectivity index (χ3v) is 3.00. The van der Waals surface area contributed by atoms with Crippen LogP contribution in [-0.4, -0.2) is 38.6 Å². The Kier molecular flexibility index (Phi) is 4.57. The van der Waals surface area contributed by atoms with Gasteiger partial charge in [0.1, 0.15) is 5.75 Å². The van der Waals surface area contributed by atoms with Crippen LogP contribution < -0.4 is 20.7 Å². The van der Waals surface area contributed by atoms with Crippen LogP contribution in [0.25, 0.3) is 0 Å². The average molecular weight is 277 g/mol. The van der Waals surface area contributed by atoms with Crippen molar-refractivity contribution in [2.24, 2.45) is 0 Å². The number of anilines is 1. The lowest BCUT2D eigenvalue weighted by Gasteiger charge is -2.12. The van der Waals surface area contributed by atoms with Crippen LogP contribution in [0.1, 0.15) is 23.2 Å². The van der Waals surface area contributed by atoms with Gasteiger partial charge in [-0.15, -0.1) is 0 Å². The minimum absolute atomic E-state index is 0.189. The first-order valence-corrected chi connectivity index (χ1v) is 6.57. The van der Waals surface area contributed by atoms with Gasteiger partial charge < -0.3 is 20.7 Å². The quantitative estimate of drug-likeness (QED) is 0.717. The standard InChI is InChI=1S/C14H19N3O3/c1-15-8-13(18)17-12-6-5-10(20-2)7-11(12)14(19)16-9-3-4-9/h5-7,9,15H,3-4,8H2,1-2H3,(H,16,19)(H,17,18). The van der Waals surface area contributed by atoms with Crippen LogP contribution in [0.5, 0.6) is 5.75 Å². The van der Waals surface area contributed by atoms with Gasteiger partial charge >= 0.3 is 0 Å². The van der Waals surface area contributed by atoms with Crippen molar-refractivity contribution in [2.75, 3.05) is 26.0 Å². The Balaban J connectivity index is 2.19. The first-order chi connectivity index (χ1) is 9.63. The predicted octanol–water partition coefficient (Wildman–Crippen LogP) is 0.745. The molecule has 1 aliphatic rings. The lowest BCUT2D eigenvalue weighted by atomic mass is 10.1. The Bertz CT molecular complexity index is 512. The second-order valence-electron chi connectivity index (χ2n) is 4.74. The molecule has 0 spiro atoms. The molecule has 3 N–H and O–H groups in total. The van der Waals surface area contributed by atoms with E-state index in [0.29, 0.717) is 17.0 Å². The molecule has 6 nitrogen and oxygen atoms in total. The minimum Gasteiger partial charge on any atom is -0.497 e. The van der Waals surface area contributed by atoms with E-state index in [1.54, 1.807) is 25.2 Å². The highest BCUT2D eigenvalue weighted by atomic mass is 16.5. The second-order valence-corrected chi connectivity index (χ2v) is 4.74. The van der Waals surface area contributed by atoms with Crippen molar-refractivity contribution in [3.8, 4) is 5.75 Å². The number of methoxy groups -OCH3 is 1. The van der Waals surface area contributed by atoms with E-state index < -0.39 is 0 Å². The molecule has 6 heteroatoms.